The van der Waals surface area contributed by atoms with E-state index in [0.29, 0.717) is 11.8 Å². The molecule has 1 aliphatic heterocycles. The van der Waals surface area contributed by atoms with Gasteiger partial charge >= 0.3 is 0 Å². The smallest absolute Gasteiger partial charge is 0.240 e. The number of hydrogen-bond acceptors (Lipinski definition) is 6. The highest BCUT2D eigenvalue weighted by Crippen LogP contribution is 2.46. The highest BCUT2D eigenvalue weighted by atomic mass is 32.2. The summed E-state index contributed by atoms with van der Waals surface area (Å²) in [6, 6.07) is 25.1. The van der Waals surface area contributed by atoms with Crippen LogP contribution in [0.4, 0.5) is 11.4 Å². The van der Waals surface area contributed by atoms with Crippen LogP contribution in [0.25, 0.3) is 22.4 Å². The van der Waals surface area contributed by atoms with Gasteiger partial charge in [-0.25, -0.2) is 4.98 Å². The van der Waals surface area contributed by atoms with Crippen molar-refractivity contribution < 1.29 is 4.74 Å². The minimum atomic E-state index is -0.172. The Morgan fingerprint density at radius 3 is 2.45 bits per heavy atom. The Balaban J connectivity index is 1.49. The van der Waals surface area contributed by atoms with Gasteiger partial charge in [-0.3, -0.25) is 9.29 Å². The van der Waals surface area contributed by atoms with Gasteiger partial charge in [-0.05, 0) is 60.5 Å². The molecule has 0 atom stereocenters. The molecule has 0 unspecified atom stereocenters. The number of nitrogens with zero attached hydrogens (tertiary/aromatic N) is 3. The molecule has 1 aliphatic carbocycles. The molecule has 0 bridgehead atoms. The third-order valence-corrected chi connectivity index (χ3v) is 7.40. The number of hydrogen-bond donors (Lipinski definition) is 1. The Kier molecular flexibility index (Phi) is 5.04. The number of aromatic nitrogens is 2. The Morgan fingerprint density at radius 1 is 0.939 bits per heavy atom. The molecule has 1 fully saturated rings. The normalized spacial score (nSPS) is 16.5. The lowest BCUT2D eigenvalue weighted by Crippen LogP contribution is -2.43. The molecule has 164 valence electrons. The Labute approximate surface area is 197 Å². The Hall–Kier alpha value is -3.35. The van der Waals surface area contributed by atoms with Gasteiger partial charge in [0.05, 0.1) is 17.6 Å². The van der Waals surface area contributed by atoms with E-state index in [4.69, 9.17) is 15.5 Å². The van der Waals surface area contributed by atoms with Crippen LogP contribution < -0.4 is 14.8 Å². The lowest BCUT2D eigenvalue weighted by molar-refractivity contribution is 0.253. The van der Waals surface area contributed by atoms with E-state index in [0.717, 1.165) is 46.6 Å². The first-order chi connectivity index (χ1) is 16.2. The Morgan fingerprint density at radius 2 is 1.76 bits per heavy atom. The maximum Gasteiger partial charge on any atom is 0.240 e. The van der Waals surface area contributed by atoms with Crippen LogP contribution in [0.3, 0.4) is 0 Å². The van der Waals surface area contributed by atoms with Crippen molar-refractivity contribution in [3.8, 4) is 28.3 Å². The molecule has 2 N–H and O–H groups in total. The van der Waals surface area contributed by atoms with Gasteiger partial charge in [0, 0.05) is 22.9 Å². The zero-order valence-electron chi connectivity index (χ0n) is 18.1. The maximum absolute atomic E-state index is 6.55. The molecule has 6 rings (SSSR count). The molecular weight excluding hydrogens is 428 g/mol. The highest BCUT2D eigenvalue weighted by molar-refractivity contribution is 8.00. The highest BCUT2D eigenvalue weighted by Gasteiger charge is 2.34. The lowest BCUT2D eigenvalue weighted by atomic mass is 9.72. The predicted molar refractivity (Wildman–Crippen MR) is 134 cm³/mol. The quantitative estimate of drug-likeness (QED) is 0.367. The number of benzene rings is 2. The van der Waals surface area contributed by atoms with Crippen LogP contribution in [0.15, 0.2) is 85.2 Å². The van der Waals surface area contributed by atoms with Crippen LogP contribution in [0.1, 0.15) is 24.8 Å². The molecule has 0 saturated heterocycles. The molecule has 4 aromatic rings. The summed E-state index contributed by atoms with van der Waals surface area (Å²) in [6.45, 7) is 0. The summed E-state index contributed by atoms with van der Waals surface area (Å²) in [5.74, 6) is 1.12. The van der Waals surface area contributed by atoms with E-state index in [2.05, 4.69) is 63.9 Å². The molecule has 3 heterocycles. The summed E-state index contributed by atoms with van der Waals surface area (Å²) < 4.78 is 8.15. The first kappa shape index (κ1) is 20.3. The second-order valence-corrected chi connectivity index (χ2v) is 9.42. The maximum atomic E-state index is 6.55. The lowest BCUT2D eigenvalue weighted by Gasteiger charge is -2.38. The van der Waals surface area contributed by atoms with E-state index in [9.17, 15) is 0 Å². The number of fused-ring (bicyclic) bond motifs is 1. The van der Waals surface area contributed by atoms with Crippen LogP contribution in [-0.4, -0.2) is 15.9 Å². The molecule has 2 aromatic heterocycles. The standard InChI is InChI=1S/C27H24N4OS/c28-27(13-5-14-27)21-11-9-20(10-12-21)25-23(19-6-2-1-3-7-19)16-24-26(30-25)32-18-33-31(24)22-8-4-15-29-17-22/h1-4,6-12,15-17H,5,13-14,18,28H2. The fourth-order valence-corrected chi connectivity index (χ4v) is 5.29. The van der Waals surface area contributed by atoms with Gasteiger partial charge in [-0.1, -0.05) is 54.6 Å². The van der Waals surface area contributed by atoms with Crippen molar-refractivity contribution in [2.24, 2.45) is 5.73 Å². The summed E-state index contributed by atoms with van der Waals surface area (Å²) in [7, 11) is 0. The molecule has 5 nitrogen and oxygen atoms in total. The first-order valence-electron chi connectivity index (χ1n) is 11.2. The van der Waals surface area contributed by atoms with E-state index < -0.39 is 0 Å². The fourth-order valence-electron chi connectivity index (χ4n) is 4.49. The third kappa shape index (κ3) is 3.65. The van der Waals surface area contributed by atoms with Crippen molar-refractivity contribution in [1.29, 1.82) is 0 Å². The molecule has 1 saturated carbocycles. The molecule has 6 heteroatoms. The van der Waals surface area contributed by atoms with Crippen molar-refractivity contribution in [2.45, 2.75) is 24.8 Å². The summed E-state index contributed by atoms with van der Waals surface area (Å²) in [4.78, 5) is 9.32. The van der Waals surface area contributed by atoms with Gasteiger partial charge in [0.1, 0.15) is 5.69 Å². The second kappa shape index (κ2) is 8.21. The van der Waals surface area contributed by atoms with E-state index in [1.54, 1.807) is 18.1 Å². The van der Waals surface area contributed by atoms with E-state index in [-0.39, 0.29) is 5.54 Å². The zero-order chi connectivity index (χ0) is 22.3. The number of nitrogens with two attached hydrogens (primary N) is 1. The van der Waals surface area contributed by atoms with Gasteiger partial charge in [-0.2, -0.15) is 0 Å². The predicted octanol–water partition coefficient (Wildman–Crippen LogP) is 6.28. The van der Waals surface area contributed by atoms with Crippen LogP contribution in [0.5, 0.6) is 5.88 Å². The van der Waals surface area contributed by atoms with Crippen molar-refractivity contribution in [3.05, 3.63) is 90.8 Å². The van der Waals surface area contributed by atoms with Crippen molar-refractivity contribution in [3.63, 3.8) is 0 Å². The van der Waals surface area contributed by atoms with Crippen molar-refractivity contribution in [1.82, 2.24) is 9.97 Å². The number of anilines is 2. The van der Waals surface area contributed by atoms with Crippen LogP contribution in [0.2, 0.25) is 0 Å². The number of ether oxygens (including phenoxy) is 1. The molecule has 0 amide bonds. The van der Waals surface area contributed by atoms with Gasteiger partial charge in [0.2, 0.25) is 5.88 Å². The van der Waals surface area contributed by atoms with E-state index in [1.165, 1.54) is 12.0 Å². The largest absolute Gasteiger partial charge is 0.463 e. The van der Waals surface area contributed by atoms with Crippen molar-refractivity contribution >= 4 is 23.3 Å². The average Bonchev–Trinajstić information content (AvgIpc) is 2.87. The van der Waals surface area contributed by atoms with Gasteiger partial charge in [0.25, 0.3) is 0 Å². The third-order valence-electron chi connectivity index (χ3n) is 6.51. The van der Waals surface area contributed by atoms with Crippen LogP contribution >= 0.6 is 11.9 Å². The van der Waals surface area contributed by atoms with Crippen LogP contribution in [-0.2, 0) is 5.54 Å². The number of pyridine rings is 2. The molecule has 2 aliphatic rings. The summed E-state index contributed by atoms with van der Waals surface area (Å²) in [6.07, 6.45) is 6.94. The molecule has 33 heavy (non-hydrogen) atoms. The summed E-state index contributed by atoms with van der Waals surface area (Å²) >= 11 is 1.60. The molecule has 2 aromatic carbocycles. The first-order valence-corrected chi connectivity index (χ1v) is 12.1. The topological polar surface area (TPSA) is 64.3 Å². The van der Waals surface area contributed by atoms with E-state index in [1.807, 2.05) is 24.4 Å². The van der Waals surface area contributed by atoms with Gasteiger partial charge < -0.3 is 10.5 Å². The Bertz CT molecular complexity index is 1280. The SMILES string of the molecule is NC1(c2ccc(-c3nc4c(cc3-c3ccccc3)N(c3cccnc3)SCO4)cc2)CCC1. The summed E-state index contributed by atoms with van der Waals surface area (Å²) in [5, 5.41) is 0. The zero-order valence-corrected chi connectivity index (χ0v) is 19.0. The van der Waals surface area contributed by atoms with Gasteiger partial charge in [0.15, 0.2) is 5.94 Å². The molecule has 0 spiro atoms. The summed E-state index contributed by atoms with van der Waals surface area (Å²) in [5.41, 5.74) is 13.6. The van der Waals surface area contributed by atoms with Gasteiger partial charge in [-0.15, -0.1) is 0 Å². The molecular formula is C27H24N4OS. The fraction of sp³-hybridized carbons (Fsp3) is 0.185. The monoisotopic (exact) mass is 452 g/mol. The molecule has 0 radical (unpaired) electrons. The minimum absolute atomic E-state index is 0.172. The van der Waals surface area contributed by atoms with Crippen LogP contribution in [0, 0.1) is 0 Å². The number of rotatable bonds is 4. The minimum Gasteiger partial charge on any atom is -0.463 e. The average molecular weight is 453 g/mol. The second-order valence-electron chi connectivity index (χ2n) is 8.56. The van der Waals surface area contributed by atoms with Crippen molar-refractivity contribution in [2.75, 3.05) is 10.2 Å². The van der Waals surface area contributed by atoms with E-state index >= 15 is 0 Å².